The van der Waals surface area contributed by atoms with Crippen LogP contribution in [0.5, 0.6) is 5.88 Å². The van der Waals surface area contributed by atoms with Gasteiger partial charge < -0.3 is 14.7 Å². The summed E-state index contributed by atoms with van der Waals surface area (Å²) >= 11 is 0. The lowest BCUT2D eigenvalue weighted by Gasteiger charge is -2.15. The molecule has 0 aliphatic carbocycles. The molecule has 2 aromatic rings. The van der Waals surface area contributed by atoms with E-state index in [0.29, 0.717) is 23.4 Å². The largest absolute Gasteiger partial charge is 0.502 e. The number of ether oxygens (including phenoxy) is 1. The van der Waals surface area contributed by atoms with E-state index in [1.807, 2.05) is 6.92 Å². The lowest BCUT2D eigenvalue weighted by atomic mass is 10.0. The van der Waals surface area contributed by atoms with Crippen molar-refractivity contribution in [1.29, 1.82) is 0 Å². The van der Waals surface area contributed by atoms with E-state index in [4.69, 9.17) is 11.3 Å². The molecule has 2 aromatic heterocycles. The highest BCUT2D eigenvalue weighted by atomic mass is 16.5. The summed E-state index contributed by atoms with van der Waals surface area (Å²) in [5, 5.41) is 10.7. The minimum Gasteiger partial charge on any atom is -0.502 e. The van der Waals surface area contributed by atoms with Gasteiger partial charge in [-0.2, -0.15) is 0 Å². The second kappa shape index (κ2) is 8.30. The lowest BCUT2D eigenvalue weighted by molar-refractivity contribution is 0.296. The predicted octanol–water partition coefficient (Wildman–Crippen LogP) is 3.72. The van der Waals surface area contributed by atoms with Gasteiger partial charge in [0.15, 0.2) is 0 Å². The molecule has 0 bridgehead atoms. The van der Waals surface area contributed by atoms with E-state index in [1.165, 1.54) is 18.5 Å². The highest BCUT2D eigenvalue weighted by Gasteiger charge is 2.22. The molecule has 7 heteroatoms. The fourth-order valence-corrected chi connectivity index (χ4v) is 2.89. The Morgan fingerprint density at radius 1 is 1.43 bits per heavy atom. The smallest absolute Gasteiger partial charge is 0.265 e. The Kier molecular flexibility index (Phi) is 5.64. The molecule has 3 heterocycles. The van der Waals surface area contributed by atoms with Crippen molar-refractivity contribution in [1.82, 2.24) is 14.5 Å². The van der Waals surface area contributed by atoms with Crippen molar-refractivity contribution in [3.05, 3.63) is 81.4 Å². The molecule has 0 saturated carbocycles. The number of aromatic hydroxyl groups is 1. The molecule has 3 rings (SSSR count). The van der Waals surface area contributed by atoms with Crippen molar-refractivity contribution in [2.45, 2.75) is 26.2 Å². The van der Waals surface area contributed by atoms with E-state index >= 15 is 0 Å². The molecule has 0 aromatic carbocycles. The summed E-state index contributed by atoms with van der Waals surface area (Å²) in [6, 6.07) is 5.02. The number of pyridine rings is 2. The Bertz CT molecular complexity index is 1070. The van der Waals surface area contributed by atoms with Crippen LogP contribution < -0.4 is 5.56 Å². The normalized spacial score (nSPS) is 12.5. The van der Waals surface area contributed by atoms with E-state index < -0.39 is 11.4 Å². The number of nitrogens with zero attached hydrogens (tertiary/aromatic N) is 4. The van der Waals surface area contributed by atoms with Gasteiger partial charge in [0, 0.05) is 25.0 Å². The SMILES string of the molecule is [C-]#[N+]c1c(CCCC)c(C=C=C2OC=CN2C)c(=O)n(-c2ccccn2)c1O. The van der Waals surface area contributed by atoms with Gasteiger partial charge in [-0.1, -0.05) is 31.6 Å². The maximum absolute atomic E-state index is 13.2. The van der Waals surface area contributed by atoms with Crippen LogP contribution in [-0.4, -0.2) is 26.6 Å². The molecule has 0 atom stereocenters. The zero-order valence-corrected chi connectivity index (χ0v) is 15.7. The first-order valence-electron chi connectivity index (χ1n) is 8.91. The number of unbranched alkanes of at least 4 members (excludes halogenated alkanes) is 1. The Morgan fingerprint density at radius 2 is 2.25 bits per heavy atom. The Morgan fingerprint density at radius 3 is 2.86 bits per heavy atom. The van der Waals surface area contributed by atoms with Gasteiger partial charge in [0.2, 0.25) is 17.5 Å². The molecular weight excluding hydrogens is 356 g/mol. The first-order valence-corrected chi connectivity index (χ1v) is 8.91. The van der Waals surface area contributed by atoms with Gasteiger partial charge in [-0.25, -0.2) is 14.4 Å². The fourth-order valence-electron chi connectivity index (χ4n) is 2.89. The van der Waals surface area contributed by atoms with E-state index in [1.54, 1.807) is 36.3 Å². The third-order valence-corrected chi connectivity index (χ3v) is 4.36. The van der Waals surface area contributed by atoms with Crippen LogP contribution in [0.1, 0.15) is 30.9 Å². The van der Waals surface area contributed by atoms with E-state index in [2.05, 4.69) is 15.6 Å². The minimum atomic E-state index is -0.462. The van der Waals surface area contributed by atoms with Crippen LogP contribution in [0, 0.1) is 6.57 Å². The first kappa shape index (κ1) is 19.0. The highest BCUT2D eigenvalue weighted by molar-refractivity contribution is 5.70. The Hall–Kier alpha value is -3.75. The van der Waals surface area contributed by atoms with Crippen molar-refractivity contribution in [2.75, 3.05) is 7.05 Å². The summed E-state index contributed by atoms with van der Waals surface area (Å²) in [7, 11) is 1.80. The fraction of sp³-hybridized carbons (Fsp3) is 0.238. The van der Waals surface area contributed by atoms with Crippen LogP contribution in [0.15, 0.2) is 53.3 Å². The van der Waals surface area contributed by atoms with Gasteiger partial charge in [-0.15, -0.1) is 0 Å². The van der Waals surface area contributed by atoms with Gasteiger partial charge >= 0.3 is 0 Å². The quantitative estimate of drug-likeness (QED) is 0.636. The summed E-state index contributed by atoms with van der Waals surface area (Å²) in [5.41, 5.74) is 3.36. The number of hydrogen-bond donors (Lipinski definition) is 1. The zero-order valence-electron chi connectivity index (χ0n) is 15.7. The Labute approximate surface area is 163 Å². The van der Waals surface area contributed by atoms with Gasteiger partial charge in [-0.05, 0) is 30.2 Å². The molecule has 0 amide bonds. The molecule has 0 radical (unpaired) electrons. The van der Waals surface area contributed by atoms with E-state index in [9.17, 15) is 9.90 Å². The summed E-state index contributed by atoms with van der Waals surface area (Å²) in [4.78, 5) is 22.6. The molecule has 142 valence electrons. The first-order chi connectivity index (χ1) is 13.6. The number of aromatic nitrogens is 2. The zero-order chi connectivity index (χ0) is 20.1. The molecule has 0 fully saturated rings. The van der Waals surface area contributed by atoms with Crippen molar-refractivity contribution >= 4 is 11.8 Å². The number of rotatable bonds is 5. The van der Waals surface area contributed by atoms with Gasteiger partial charge in [0.05, 0.1) is 6.57 Å². The van der Waals surface area contributed by atoms with E-state index in [-0.39, 0.29) is 11.5 Å². The standard InChI is InChI=1S/C21H20N4O3/c1-4-5-8-15-16(10-11-18-24(3)13-14-28-18)20(26)25(21(27)19(15)22-2)17-9-6-7-12-23-17/h6-7,9-10,12-14,27H,4-5,8H2,1,3H3. The molecule has 0 unspecified atom stereocenters. The summed E-state index contributed by atoms with van der Waals surface area (Å²) in [6.07, 6.45) is 8.45. The van der Waals surface area contributed by atoms with Gasteiger partial charge in [0.25, 0.3) is 5.56 Å². The van der Waals surface area contributed by atoms with Crippen molar-refractivity contribution in [3.63, 3.8) is 0 Å². The Balaban J connectivity index is 2.30. The van der Waals surface area contributed by atoms with Crippen molar-refractivity contribution < 1.29 is 9.84 Å². The molecule has 1 aliphatic rings. The van der Waals surface area contributed by atoms with E-state index in [0.717, 1.165) is 17.4 Å². The third kappa shape index (κ3) is 3.54. The average molecular weight is 376 g/mol. The van der Waals surface area contributed by atoms with Crippen LogP contribution in [-0.2, 0) is 11.2 Å². The molecule has 28 heavy (non-hydrogen) atoms. The van der Waals surface area contributed by atoms with Crippen LogP contribution in [0.4, 0.5) is 5.69 Å². The van der Waals surface area contributed by atoms with Crippen molar-refractivity contribution in [2.24, 2.45) is 0 Å². The van der Waals surface area contributed by atoms with Crippen LogP contribution in [0.25, 0.3) is 16.7 Å². The highest BCUT2D eigenvalue weighted by Crippen LogP contribution is 2.34. The maximum atomic E-state index is 13.2. The van der Waals surface area contributed by atoms with Crippen LogP contribution in [0.2, 0.25) is 0 Å². The molecule has 0 saturated heterocycles. The summed E-state index contributed by atoms with van der Waals surface area (Å²) in [5.74, 6) is 0.281. The molecule has 1 N–H and O–H groups in total. The average Bonchev–Trinajstić information content (AvgIpc) is 3.11. The predicted molar refractivity (Wildman–Crippen MR) is 106 cm³/mol. The monoisotopic (exact) mass is 376 g/mol. The third-order valence-electron chi connectivity index (χ3n) is 4.36. The molecule has 1 aliphatic heterocycles. The summed E-state index contributed by atoms with van der Waals surface area (Å²) in [6.45, 7) is 9.59. The minimum absolute atomic E-state index is 0.0515. The lowest BCUT2D eigenvalue weighted by Crippen LogP contribution is -2.23. The summed E-state index contributed by atoms with van der Waals surface area (Å²) < 4.78 is 6.39. The molecule has 7 nitrogen and oxygen atoms in total. The number of hydrogen-bond acceptors (Lipinski definition) is 5. The maximum Gasteiger partial charge on any atom is 0.265 e. The second-order valence-electron chi connectivity index (χ2n) is 6.22. The van der Waals surface area contributed by atoms with Crippen molar-refractivity contribution in [3.8, 4) is 11.7 Å². The van der Waals surface area contributed by atoms with Crippen LogP contribution in [0.3, 0.4) is 0 Å². The molecular formula is C21H20N4O3. The molecule has 0 spiro atoms. The second-order valence-corrected chi connectivity index (χ2v) is 6.22. The van der Waals surface area contributed by atoms with Crippen LogP contribution >= 0.6 is 0 Å². The topological polar surface area (TPSA) is 72.0 Å². The van der Waals surface area contributed by atoms with Gasteiger partial charge in [0.1, 0.15) is 12.1 Å². The van der Waals surface area contributed by atoms with Gasteiger partial charge in [-0.3, -0.25) is 4.79 Å².